The van der Waals surface area contributed by atoms with Crippen molar-refractivity contribution in [1.82, 2.24) is 0 Å². The summed E-state index contributed by atoms with van der Waals surface area (Å²) < 4.78 is 5.16. The fraction of sp³-hybridized carbons (Fsp3) is 0.143. The summed E-state index contributed by atoms with van der Waals surface area (Å²) in [5.41, 5.74) is 0.853. The Labute approximate surface area is 161 Å². The van der Waals surface area contributed by atoms with Crippen LogP contribution in [0.1, 0.15) is 22.8 Å². The predicted octanol–water partition coefficient (Wildman–Crippen LogP) is 4.24. The van der Waals surface area contributed by atoms with Gasteiger partial charge in [0.25, 0.3) is 11.6 Å². The van der Waals surface area contributed by atoms with Gasteiger partial charge in [-0.3, -0.25) is 14.9 Å². The topological polar surface area (TPSA) is 98.5 Å². The fourth-order valence-electron chi connectivity index (χ4n) is 2.73. The standard InChI is InChI=1S/C21H18N2O5/c1-13-7-8-17(12-19(13)23(26)27)21(25)28-14(2)20(24)22-18-10-9-15-5-3-4-6-16(15)11-18/h3-12,14H,1-2H3,(H,22,24). The van der Waals surface area contributed by atoms with Gasteiger partial charge in [-0.15, -0.1) is 0 Å². The second-order valence-electron chi connectivity index (χ2n) is 6.36. The number of nitrogens with zero attached hydrogens (tertiary/aromatic N) is 1. The molecule has 0 aliphatic rings. The van der Waals surface area contributed by atoms with Gasteiger partial charge in [0.2, 0.25) is 0 Å². The maximum Gasteiger partial charge on any atom is 0.339 e. The van der Waals surface area contributed by atoms with Gasteiger partial charge in [0.15, 0.2) is 6.10 Å². The number of hydrogen-bond donors (Lipinski definition) is 1. The molecule has 1 N–H and O–H groups in total. The molecule has 0 aliphatic carbocycles. The number of hydrogen-bond acceptors (Lipinski definition) is 5. The minimum absolute atomic E-state index is 0.0163. The van der Waals surface area contributed by atoms with E-state index in [0.29, 0.717) is 11.3 Å². The summed E-state index contributed by atoms with van der Waals surface area (Å²) in [7, 11) is 0. The minimum Gasteiger partial charge on any atom is -0.449 e. The second-order valence-corrected chi connectivity index (χ2v) is 6.36. The third-order valence-electron chi connectivity index (χ3n) is 4.31. The third kappa shape index (κ3) is 4.15. The average molecular weight is 378 g/mol. The number of benzene rings is 3. The number of esters is 1. The number of nitrogens with one attached hydrogen (secondary N) is 1. The molecule has 1 amide bonds. The highest BCUT2D eigenvalue weighted by Crippen LogP contribution is 2.21. The number of anilines is 1. The van der Waals surface area contributed by atoms with Crippen molar-refractivity contribution in [2.45, 2.75) is 20.0 Å². The Morgan fingerprint density at radius 2 is 1.75 bits per heavy atom. The number of rotatable bonds is 5. The molecule has 3 aromatic carbocycles. The summed E-state index contributed by atoms with van der Waals surface area (Å²) in [5.74, 6) is -1.30. The summed E-state index contributed by atoms with van der Waals surface area (Å²) in [5, 5.41) is 15.7. The molecule has 0 radical (unpaired) electrons. The monoisotopic (exact) mass is 378 g/mol. The molecule has 7 nitrogen and oxygen atoms in total. The van der Waals surface area contributed by atoms with Crippen LogP contribution in [0.4, 0.5) is 11.4 Å². The molecule has 0 heterocycles. The first kappa shape index (κ1) is 19.0. The van der Waals surface area contributed by atoms with E-state index in [0.717, 1.165) is 16.8 Å². The molecule has 0 aromatic heterocycles. The molecular formula is C21H18N2O5. The number of carbonyl (C=O) groups excluding carboxylic acids is 2. The molecule has 7 heteroatoms. The van der Waals surface area contributed by atoms with E-state index in [1.165, 1.54) is 19.1 Å². The highest BCUT2D eigenvalue weighted by Gasteiger charge is 2.21. The van der Waals surface area contributed by atoms with Crippen molar-refractivity contribution < 1.29 is 19.2 Å². The molecule has 142 valence electrons. The van der Waals surface area contributed by atoms with E-state index in [1.54, 1.807) is 13.0 Å². The van der Waals surface area contributed by atoms with Gasteiger partial charge in [0, 0.05) is 17.3 Å². The Hall–Kier alpha value is -3.74. The number of ether oxygens (including phenoxy) is 1. The van der Waals surface area contributed by atoms with Gasteiger partial charge >= 0.3 is 5.97 Å². The molecule has 0 saturated carbocycles. The highest BCUT2D eigenvalue weighted by atomic mass is 16.6. The molecule has 0 spiro atoms. The molecule has 0 fully saturated rings. The Balaban J connectivity index is 1.68. The molecule has 0 saturated heterocycles. The molecule has 0 bridgehead atoms. The van der Waals surface area contributed by atoms with Gasteiger partial charge in [-0.2, -0.15) is 0 Å². The van der Waals surface area contributed by atoms with Crippen LogP contribution in [0.25, 0.3) is 10.8 Å². The van der Waals surface area contributed by atoms with Gasteiger partial charge in [0.1, 0.15) is 0 Å². The van der Waals surface area contributed by atoms with Crippen LogP contribution in [-0.4, -0.2) is 22.9 Å². The predicted molar refractivity (Wildman–Crippen MR) is 105 cm³/mol. The lowest BCUT2D eigenvalue weighted by atomic mass is 10.1. The summed E-state index contributed by atoms with van der Waals surface area (Å²) in [6.07, 6.45) is -1.07. The largest absolute Gasteiger partial charge is 0.449 e. The summed E-state index contributed by atoms with van der Waals surface area (Å²) >= 11 is 0. The molecule has 28 heavy (non-hydrogen) atoms. The van der Waals surface area contributed by atoms with Crippen LogP contribution in [0.5, 0.6) is 0 Å². The van der Waals surface area contributed by atoms with E-state index in [9.17, 15) is 19.7 Å². The van der Waals surface area contributed by atoms with Gasteiger partial charge in [-0.25, -0.2) is 4.79 Å². The van der Waals surface area contributed by atoms with Crippen LogP contribution in [0, 0.1) is 17.0 Å². The number of nitro groups is 1. The summed E-state index contributed by atoms with van der Waals surface area (Å²) in [4.78, 5) is 35.0. The quantitative estimate of drug-likeness (QED) is 0.407. The van der Waals surface area contributed by atoms with Crippen LogP contribution in [-0.2, 0) is 9.53 Å². The van der Waals surface area contributed by atoms with Crippen LogP contribution < -0.4 is 5.32 Å². The van der Waals surface area contributed by atoms with Gasteiger partial charge < -0.3 is 10.1 Å². The fourth-order valence-corrected chi connectivity index (χ4v) is 2.73. The lowest BCUT2D eigenvalue weighted by Gasteiger charge is -2.14. The Kier molecular flexibility index (Phi) is 5.35. The number of aryl methyl sites for hydroxylation is 1. The summed E-state index contributed by atoms with van der Waals surface area (Å²) in [6.45, 7) is 3.02. The van der Waals surface area contributed by atoms with Crippen molar-refractivity contribution in [3.05, 3.63) is 81.9 Å². The van der Waals surface area contributed by atoms with Crippen molar-refractivity contribution in [3.8, 4) is 0 Å². The van der Waals surface area contributed by atoms with E-state index in [1.807, 2.05) is 36.4 Å². The Morgan fingerprint density at radius 3 is 2.46 bits per heavy atom. The number of carbonyl (C=O) groups is 2. The van der Waals surface area contributed by atoms with Crippen LogP contribution in [0.2, 0.25) is 0 Å². The van der Waals surface area contributed by atoms with E-state index >= 15 is 0 Å². The van der Waals surface area contributed by atoms with E-state index in [2.05, 4.69) is 5.32 Å². The SMILES string of the molecule is Cc1ccc(C(=O)OC(C)C(=O)Nc2ccc3ccccc3c2)cc1[N+](=O)[O-]. The lowest BCUT2D eigenvalue weighted by molar-refractivity contribution is -0.385. The zero-order chi connectivity index (χ0) is 20.3. The maximum atomic E-state index is 12.3. The first-order valence-electron chi connectivity index (χ1n) is 8.61. The van der Waals surface area contributed by atoms with Crippen molar-refractivity contribution in [1.29, 1.82) is 0 Å². The first-order valence-corrected chi connectivity index (χ1v) is 8.61. The van der Waals surface area contributed by atoms with Crippen LogP contribution in [0.15, 0.2) is 60.7 Å². The zero-order valence-corrected chi connectivity index (χ0v) is 15.3. The van der Waals surface area contributed by atoms with Crippen LogP contribution in [0.3, 0.4) is 0 Å². The summed E-state index contributed by atoms with van der Waals surface area (Å²) in [6, 6.07) is 17.2. The third-order valence-corrected chi connectivity index (χ3v) is 4.31. The first-order chi connectivity index (χ1) is 13.3. The average Bonchev–Trinajstić information content (AvgIpc) is 2.67. The lowest BCUT2D eigenvalue weighted by Crippen LogP contribution is -2.30. The second kappa shape index (κ2) is 7.87. The number of fused-ring (bicyclic) bond motifs is 1. The number of nitro benzene ring substituents is 1. The zero-order valence-electron chi connectivity index (χ0n) is 15.3. The Morgan fingerprint density at radius 1 is 1.04 bits per heavy atom. The maximum absolute atomic E-state index is 12.3. The van der Waals surface area contributed by atoms with Gasteiger partial charge in [0.05, 0.1) is 10.5 Å². The van der Waals surface area contributed by atoms with Crippen molar-refractivity contribution in [2.24, 2.45) is 0 Å². The molecular weight excluding hydrogens is 360 g/mol. The molecule has 1 atom stereocenters. The van der Waals surface area contributed by atoms with Gasteiger partial charge in [-0.05, 0) is 42.8 Å². The van der Waals surface area contributed by atoms with Crippen LogP contribution >= 0.6 is 0 Å². The minimum atomic E-state index is -1.07. The van der Waals surface area contributed by atoms with Crippen molar-refractivity contribution in [2.75, 3.05) is 5.32 Å². The molecule has 1 unspecified atom stereocenters. The highest BCUT2D eigenvalue weighted by molar-refractivity contribution is 5.99. The van der Waals surface area contributed by atoms with Crippen molar-refractivity contribution >= 4 is 34.0 Å². The van der Waals surface area contributed by atoms with Gasteiger partial charge in [-0.1, -0.05) is 36.4 Å². The molecule has 3 rings (SSSR count). The van der Waals surface area contributed by atoms with E-state index in [4.69, 9.17) is 4.74 Å². The van der Waals surface area contributed by atoms with E-state index in [-0.39, 0.29) is 11.3 Å². The van der Waals surface area contributed by atoms with Crippen molar-refractivity contribution in [3.63, 3.8) is 0 Å². The Bertz CT molecular complexity index is 1080. The normalized spacial score (nSPS) is 11.6. The van der Waals surface area contributed by atoms with E-state index < -0.39 is 22.9 Å². The molecule has 0 aliphatic heterocycles. The smallest absolute Gasteiger partial charge is 0.339 e. The molecule has 3 aromatic rings. The number of amides is 1.